The highest BCUT2D eigenvalue weighted by molar-refractivity contribution is 7.97. The van der Waals surface area contributed by atoms with Gasteiger partial charge >= 0.3 is 5.97 Å². The zero-order chi connectivity index (χ0) is 37.3. The van der Waals surface area contributed by atoms with Gasteiger partial charge in [-0.1, -0.05) is 30.7 Å². The second-order valence-corrected chi connectivity index (χ2v) is 21.4. The van der Waals surface area contributed by atoms with Gasteiger partial charge in [0.1, 0.15) is 11.4 Å². The second-order valence-electron chi connectivity index (χ2n) is 15.9. The summed E-state index contributed by atoms with van der Waals surface area (Å²) in [5.41, 5.74) is 3.93. The van der Waals surface area contributed by atoms with Crippen LogP contribution in [0.5, 0.6) is 5.75 Å². The van der Waals surface area contributed by atoms with E-state index in [1.807, 2.05) is 66.1 Å². The van der Waals surface area contributed by atoms with Crippen molar-refractivity contribution in [1.82, 2.24) is 3.85 Å². The molecule has 0 saturated heterocycles. The lowest BCUT2D eigenvalue weighted by atomic mass is 9.67. The zero-order valence-electron chi connectivity index (χ0n) is 31.5. The number of aliphatic hydroxyl groups excluding tert-OH is 1. The maximum Gasteiger partial charge on any atom is 0.338 e. The normalized spacial score (nSPS) is 24.6. The van der Waals surface area contributed by atoms with E-state index in [0.29, 0.717) is 25.1 Å². The highest BCUT2D eigenvalue weighted by Gasteiger charge is 2.44. The van der Waals surface area contributed by atoms with Crippen molar-refractivity contribution in [1.29, 1.82) is 0 Å². The van der Waals surface area contributed by atoms with Gasteiger partial charge in [0.15, 0.2) is 0 Å². The molecule has 8 atom stereocenters. The van der Waals surface area contributed by atoms with E-state index < -0.39 is 27.0 Å². The quantitative estimate of drug-likeness (QED) is 0.131. The molecule has 0 amide bonds. The van der Waals surface area contributed by atoms with Crippen LogP contribution >= 0.6 is 29.1 Å². The summed E-state index contributed by atoms with van der Waals surface area (Å²) in [6.45, 7) is 17.2. The number of aryl methyl sites for hydroxylation is 1. The lowest BCUT2D eigenvalue weighted by molar-refractivity contribution is 0.00694. The van der Waals surface area contributed by atoms with Crippen LogP contribution in [-0.4, -0.2) is 73.3 Å². The number of benzene rings is 2. The Morgan fingerprint density at radius 2 is 1.90 bits per heavy atom. The van der Waals surface area contributed by atoms with Crippen LogP contribution < -0.4 is 9.64 Å². The monoisotopic (exact) mass is 778 g/mol. The number of allylic oxidation sites excluding steroid dienone is 1. The average molecular weight is 779 g/mol. The molecule has 2 aliphatic carbocycles. The number of carbonyl (C=O) groups excluding carboxylic acids is 1. The molecule has 0 radical (unpaired) electrons. The Morgan fingerprint density at radius 3 is 2.55 bits per heavy atom. The van der Waals surface area contributed by atoms with Crippen molar-refractivity contribution in [3.8, 4) is 5.75 Å². The van der Waals surface area contributed by atoms with Crippen LogP contribution in [0.1, 0.15) is 95.1 Å². The third-order valence-electron chi connectivity index (χ3n) is 10.9. The fraction of sp³-hybridized carbons (Fsp3) is 0.615. The molecule has 8 nitrogen and oxygen atoms in total. The molecule has 51 heavy (non-hydrogen) atoms. The molecule has 3 aliphatic rings. The van der Waals surface area contributed by atoms with Gasteiger partial charge in [-0.2, -0.15) is 3.85 Å². The van der Waals surface area contributed by atoms with E-state index >= 15 is 0 Å². The fourth-order valence-corrected chi connectivity index (χ4v) is 13.4. The number of aliphatic hydroxyl groups is 1. The molecule has 4 unspecified atom stereocenters. The molecule has 2 aromatic carbocycles. The number of carbonyl (C=O) groups is 1. The number of esters is 1. The first-order valence-corrected chi connectivity index (χ1v) is 23.0. The van der Waals surface area contributed by atoms with Gasteiger partial charge in [-0.05, 0) is 169 Å². The Kier molecular flexibility index (Phi) is 13.0. The number of sulfonamides is 1. The molecule has 1 spiro atoms. The van der Waals surface area contributed by atoms with Gasteiger partial charge in [-0.15, -0.1) is 0 Å². The number of hydrogen-bond acceptors (Lipinski definition) is 7. The number of fused-ring (bicyclic) bond motifs is 3. The van der Waals surface area contributed by atoms with Crippen LogP contribution in [0.2, 0.25) is 5.02 Å². The summed E-state index contributed by atoms with van der Waals surface area (Å²) >= 11 is 6.46. The molecule has 1 N–H and O–H groups in total. The predicted octanol–water partition coefficient (Wildman–Crippen LogP) is 8.59. The molecule has 1 saturated carbocycles. The van der Waals surface area contributed by atoms with Crippen LogP contribution in [-0.2, 0) is 26.6 Å². The minimum Gasteiger partial charge on any atom is -0.490 e. The molecule has 2 aromatic rings. The van der Waals surface area contributed by atoms with Crippen LogP contribution in [0, 0.1) is 17.8 Å². The Labute approximate surface area is 314 Å². The number of halogens is 1. The minimum atomic E-state index is -3.35. The Morgan fingerprint density at radius 1 is 1.18 bits per heavy atom. The van der Waals surface area contributed by atoms with Gasteiger partial charge in [0.25, 0.3) is 0 Å². The Hall–Kier alpha value is -1.73. The van der Waals surface area contributed by atoms with E-state index in [2.05, 4.69) is 23.1 Å². The van der Waals surface area contributed by atoms with Crippen molar-refractivity contribution in [2.24, 2.45) is 17.8 Å². The van der Waals surface area contributed by atoms with E-state index in [4.69, 9.17) is 21.1 Å². The third-order valence-corrected chi connectivity index (χ3v) is 17.6. The van der Waals surface area contributed by atoms with E-state index in [9.17, 15) is 18.3 Å². The summed E-state index contributed by atoms with van der Waals surface area (Å²) in [7, 11) is -2.91. The average Bonchev–Trinajstić information content (AvgIpc) is 3.19. The number of nitrogens with zero attached hydrogens (tertiary/aromatic N) is 2. The molecule has 12 heteroatoms. The largest absolute Gasteiger partial charge is 0.490 e. The van der Waals surface area contributed by atoms with Gasteiger partial charge in [-0.3, -0.25) is 0 Å². The van der Waals surface area contributed by atoms with Crippen LogP contribution in [0.3, 0.4) is 0 Å². The molecule has 1 aliphatic heterocycles. The van der Waals surface area contributed by atoms with Crippen molar-refractivity contribution in [2.45, 2.75) is 102 Å². The summed E-state index contributed by atoms with van der Waals surface area (Å²) in [4.78, 5) is 15.6. The first-order chi connectivity index (χ1) is 24.0. The van der Waals surface area contributed by atoms with E-state index in [0.717, 1.165) is 60.7 Å². The lowest BCUT2D eigenvalue weighted by Gasteiger charge is -2.46. The smallest absolute Gasteiger partial charge is 0.338 e. The molecule has 1 heterocycles. The molecule has 0 aromatic heterocycles. The Balaban J connectivity index is 1.40. The molecular weight excluding hydrogens is 722 g/mol. The summed E-state index contributed by atoms with van der Waals surface area (Å²) < 4.78 is 40.2. The third kappa shape index (κ3) is 9.15. The highest BCUT2D eigenvalue weighted by atomic mass is 35.5. The van der Waals surface area contributed by atoms with E-state index in [1.54, 1.807) is 16.8 Å². The summed E-state index contributed by atoms with van der Waals surface area (Å²) in [5, 5.41) is 12.0. The number of ether oxygens (including phenoxy) is 2. The van der Waals surface area contributed by atoms with Gasteiger partial charge in [0, 0.05) is 23.5 Å². The van der Waals surface area contributed by atoms with Crippen molar-refractivity contribution < 1.29 is 27.8 Å². The SMILES string of the molecule is CPN(PC)S(=O)(=O)C(C)CC(C)/C=C(\C)[C@@H](O)[C@@H]1CC[C@H]1CN1C[C@@]2(CCCc3cc(Cl)ccc32)COc2ccc(C(=O)OC(C)(C)C)cc21. The van der Waals surface area contributed by atoms with Crippen molar-refractivity contribution in [2.75, 3.05) is 37.9 Å². The summed E-state index contributed by atoms with van der Waals surface area (Å²) in [6.07, 6.45) is 6.86. The van der Waals surface area contributed by atoms with Crippen LogP contribution in [0.15, 0.2) is 48.0 Å². The molecule has 282 valence electrons. The Bertz CT molecular complexity index is 1710. The van der Waals surface area contributed by atoms with Gasteiger partial charge in [0.2, 0.25) is 10.0 Å². The maximum absolute atomic E-state index is 13.2. The summed E-state index contributed by atoms with van der Waals surface area (Å²) in [5.74, 6) is 0.683. The number of rotatable bonds is 12. The highest BCUT2D eigenvalue weighted by Crippen LogP contribution is 2.47. The molecule has 1 fully saturated rings. The first kappa shape index (κ1) is 40.5. The van der Waals surface area contributed by atoms with Crippen molar-refractivity contribution in [3.63, 3.8) is 0 Å². The molecule has 0 bridgehead atoms. The van der Waals surface area contributed by atoms with Crippen LogP contribution in [0.25, 0.3) is 0 Å². The standard InChI is InChI=1S/C39H57ClN2O6P2S/c1-25(19-27(3)51(45,46)42(49-7)50-8)18-26(2)36(43)32-14-11-30(32)22-41-23-39(17-9-10-28-20-31(40)13-15-33(28)39)24-47-35-16-12-29(21-34(35)41)37(44)48-38(4,5)6/h12-13,15-16,18,20-21,25,27,30,32,36,43,49-50H,9-11,14,17,19,22-24H2,1-8H3/b26-18+/t25?,27?,30-,32+,36+,39-/m0/s1. The van der Waals surface area contributed by atoms with E-state index in [-0.39, 0.29) is 46.6 Å². The fourth-order valence-electron chi connectivity index (χ4n) is 8.24. The molecule has 5 rings (SSSR count). The lowest BCUT2D eigenvalue weighted by Crippen LogP contribution is -2.49. The minimum absolute atomic E-state index is 0.00539. The van der Waals surface area contributed by atoms with Gasteiger partial charge in [-0.25, -0.2) is 13.2 Å². The number of hydrogen-bond donors (Lipinski definition) is 1. The maximum atomic E-state index is 13.2. The van der Waals surface area contributed by atoms with E-state index in [1.165, 1.54) is 11.1 Å². The topological polar surface area (TPSA) is 96.4 Å². The summed E-state index contributed by atoms with van der Waals surface area (Å²) in [6, 6.07) is 11.8. The second kappa shape index (κ2) is 16.3. The van der Waals surface area contributed by atoms with Crippen molar-refractivity contribution in [3.05, 3.63) is 69.8 Å². The van der Waals surface area contributed by atoms with Crippen LogP contribution in [0.4, 0.5) is 5.69 Å². The predicted molar refractivity (Wildman–Crippen MR) is 214 cm³/mol. The number of anilines is 1. The van der Waals surface area contributed by atoms with Gasteiger partial charge in [0.05, 0.1) is 29.2 Å². The zero-order valence-corrected chi connectivity index (χ0v) is 35.0. The van der Waals surface area contributed by atoms with Gasteiger partial charge < -0.3 is 19.5 Å². The van der Waals surface area contributed by atoms with Crippen molar-refractivity contribution >= 4 is 50.7 Å². The molecular formula is C39H57ClN2O6P2S. The first-order valence-electron chi connectivity index (χ1n) is 18.3.